The highest BCUT2D eigenvalue weighted by Gasteiger charge is 2.04. The molecule has 2 N–H and O–H groups in total. The smallest absolute Gasteiger partial charge is 0.115 e. The third-order valence-corrected chi connectivity index (χ3v) is 4.17. The van der Waals surface area contributed by atoms with Crippen LogP contribution >= 0.6 is 15.9 Å². The number of phenols is 1. The molecule has 0 aliphatic heterocycles. The Labute approximate surface area is 129 Å². The summed E-state index contributed by atoms with van der Waals surface area (Å²) in [4.78, 5) is 0. The van der Waals surface area contributed by atoms with Crippen LogP contribution in [0.5, 0.6) is 5.75 Å². The number of phenolic OH excluding ortho intramolecular Hbond substituents is 1. The first-order valence-corrected chi connectivity index (χ1v) is 7.69. The van der Waals surface area contributed by atoms with Gasteiger partial charge in [0.25, 0.3) is 0 Å². The Morgan fingerprint density at radius 2 is 1.80 bits per heavy atom. The minimum absolute atomic E-state index is 0.328. The molecule has 106 valence electrons. The first kappa shape index (κ1) is 15.1. The van der Waals surface area contributed by atoms with Crippen molar-refractivity contribution in [2.24, 2.45) is 0 Å². The fourth-order valence-electron chi connectivity index (χ4n) is 2.07. The highest BCUT2D eigenvalue weighted by Crippen LogP contribution is 2.16. The van der Waals surface area contributed by atoms with Crippen LogP contribution in [0, 0.1) is 0 Å². The van der Waals surface area contributed by atoms with E-state index in [1.165, 1.54) is 11.1 Å². The average Bonchev–Trinajstić information content (AvgIpc) is 2.46. The summed E-state index contributed by atoms with van der Waals surface area (Å²) in [7, 11) is 0. The Kier molecular flexibility index (Phi) is 5.62. The third-order valence-electron chi connectivity index (χ3n) is 3.40. The van der Waals surface area contributed by atoms with Crippen molar-refractivity contribution in [3.63, 3.8) is 0 Å². The van der Waals surface area contributed by atoms with Crippen molar-refractivity contribution in [1.29, 1.82) is 0 Å². The van der Waals surface area contributed by atoms with E-state index in [0.29, 0.717) is 11.8 Å². The van der Waals surface area contributed by atoms with Gasteiger partial charge in [-0.05, 0) is 49.1 Å². The van der Waals surface area contributed by atoms with E-state index in [9.17, 15) is 5.11 Å². The van der Waals surface area contributed by atoms with Crippen molar-refractivity contribution in [1.82, 2.24) is 5.32 Å². The topological polar surface area (TPSA) is 32.3 Å². The molecule has 2 aromatic carbocycles. The molecule has 1 atom stereocenters. The minimum Gasteiger partial charge on any atom is -0.508 e. The quantitative estimate of drug-likeness (QED) is 0.827. The molecule has 0 saturated heterocycles. The average molecular weight is 334 g/mol. The number of hydrogen-bond donors (Lipinski definition) is 2. The van der Waals surface area contributed by atoms with Gasteiger partial charge in [0.1, 0.15) is 5.75 Å². The summed E-state index contributed by atoms with van der Waals surface area (Å²) < 4.78 is 1.15. The van der Waals surface area contributed by atoms with Crippen molar-refractivity contribution in [3.05, 3.63) is 64.1 Å². The maximum atomic E-state index is 9.25. The fraction of sp³-hybridized carbons (Fsp3) is 0.294. The summed E-state index contributed by atoms with van der Waals surface area (Å²) in [5.74, 6) is 0.328. The van der Waals surface area contributed by atoms with Gasteiger partial charge in [0.15, 0.2) is 0 Å². The van der Waals surface area contributed by atoms with Gasteiger partial charge in [0.2, 0.25) is 0 Å². The molecule has 1 unspecified atom stereocenters. The molecule has 20 heavy (non-hydrogen) atoms. The lowest BCUT2D eigenvalue weighted by molar-refractivity contribution is 0.474. The fourth-order valence-corrected chi connectivity index (χ4v) is 2.50. The van der Waals surface area contributed by atoms with E-state index in [1.807, 2.05) is 18.2 Å². The molecule has 0 aromatic heterocycles. The molecule has 0 amide bonds. The predicted octanol–water partition coefficient (Wildman–Crippen LogP) is 4.27. The lowest BCUT2D eigenvalue weighted by atomic mass is 10.1. The molecule has 0 saturated carbocycles. The van der Waals surface area contributed by atoms with Crippen molar-refractivity contribution in [3.8, 4) is 5.75 Å². The molecule has 0 heterocycles. The maximum absolute atomic E-state index is 9.25. The van der Waals surface area contributed by atoms with E-state index < -0.39 is 0 Å². The second-order valence-corrected chi connectivity index (χ2v) is 5.93. The van der Waals surface area contributed by atoms with Crippen molar-refractivity contribution in [2.45, 2.75) is 32.4 Å². The van der Waals surface area contributed by atoms with Gasteiger partial charge < -0.3 is 10.4 Å². The monoisotopic (exact) mass is 333 g/mol. The molecule has 0 spiro atoms. The zero-order chi connectivity index (χ0) is 14.4. The van der Waals surface area contributed by atoms with Crippen LogP contribution in [-0.2, 0) is 13.0 Å². The Balaban J connectivity index is 1.77. The van der Waals surface area contributed by atoms with Gasteiger partial charge in [-0.1, -0.05) is 46.3 Å². The number of aryl methyl sites for hydroxylation is 1. The molecule has 0 bridgehead atoms. The summed E-state index contributed by atoms with van der Waals surface area (Å²) in [6, 6.07) is 16.2. The maximum Gasteiger partial charge on any atom is 0.115 e. The van der Waals surface area contributed by atoms with E-state index in [2.05, 4.69) is 46.4 Å². The highest BCUT2D eigenvalue weighted by molar-refractivity contribution is 9.10. The van der Waals surface area contributed by atoms with Crippen LogP contribution in [-0.4, -0.2) is 11.1 Å². The van der Waals surface area contributed by atoms with E-state index >= 15 is 0 Å². The standard InChI is InChI=1S/C17H20BrNO/c1-13(6-7-14-8-10-16(20)11-9-14)19-12-15-4-2-3-5-17(15)18/h2-5,8-11,13,19-20H,6-7,12H2,1H3. The van der Waals surface area contributed by atoms with Crippen molar-refractivity contribution >= 4 is 15.9 Å². The first-order chi connectivity index (χ1) is 9.65. The normalized spacial score (nSPS) is 12.3. The van der Waals surface area contributed by atoms with Crippen LogP contribution in [0.3, 0.4) is 0 Å². The van der Waals surface area contributed by atoms with Gasteiger partial charge in [-0.25, -0.2) is 0 Å². The highest BCUT2D eigenvalue weighted by atomic mass is 79.9. The van der Waals surface area contributed by atoms with Crippen LogP contribution < -0.4 is 5.32 Å². The summed E-state index contributed by atoms with van der Waals surface area (Å²) in [5.41, 5.74) is 2.54. The van der Waals surface area contributed by atoms with Crippen LogP contribution in [0.4, 0.5) is 0 Å². The second-order valence-electron chi connectivity index (χ2n) is 5.08. The van der Waals surface area contributed by atoms with Gasteiger partial charge in [0.05, 0.1) is 0 Å². The molecule has 0 fully saturated rings. The Morgan fingerprint density at radius 1 is 1.10 bits per heavy atom. The largest absolute Gasteiger partial charge is 0.508 e. The third kappa shape index (κ3) is 4.66. The van der Waals surface area contributed by atoms with Gasteiger partial charge in [-0.2, -0.15) is 0 Å². The van der Waals surface area contributed by atoms with Crippen LogP contribution in [0.15, 0.2) is 53.0 Å². The zero-order valence-electron chi connectivity index (χ0n) is 11.6. The molecule has 0 aliphatic carbocycles. The van der Waals surface area contributed by atoms with E-state index in [0.717, 1.165) is 23.9 Å². The Hall–Kier alpha value is -1.32. The molecule has 0 aliphatic rings. The number of aromatic hydroxyl groups is 1. The lowest BCUT2D eigenvalue weighted by Gasteiger charge is -2.14. The Bertz CT molecular complexity index is 539. The van der Waals surface area contributed by atoms with Gasteiger partial charge in [0, 0.05) is 17.1 Å². The molecule has 3 heteroatoms. The minimum atomic E-state index is 0.328. The summed E-state index contributed by atoms with van der Waals surface area (Å²) >= 11 is 3.57. The molecule has 2 nitrogen and oxygen atoms in total. The number of halogens is 1. The van der Waals surface area contributed by atoms with Gasteiger partial charge >= 0.3 is 0 Å². The molecular formula is C17H20BrNO. The Morgan fingerprint density at radius 3 is 2.50 bits per heavy atom. The van der Waals surface area contributed by atoms with Gasteiger partial charge in [-0.15, -0.1) is 0 Å². The summed E-state index contributed by atoms with van der Waals surface area (Å²) in [6.45, 7) is 3.08. The van der Waals surface area contributed by atoms with Crippen LogP contribution in [0.1, 0.15) is 24.5 Å². The van der Waals surface area contributed by atoms with Gasteiger partial charge in [-0.3, -0.25) is 0 Å². The first-order valence-electron chi connectivity index (χ1n) is 6.90. The number of hydrogen-bond acceptors (Lipinski definition) is 2. The molecule has 2 aromatic rings. The zero-order valence-corrected chi connectivity index (χ0v) is 13.2. The predicted molar refractivity (Wildman–Crippen MR) is 86.9 cm³/mol. The number of benzene rings is 2. The van der Waals surface area contributed by atoms with E-state index in [1.54, 1.807) is 12.1 Å². The van der Waals surface area contributed by atoms with Crippen molar-refractivity contribution < 1.29 is 5.11 Å². The van der Waals surface area contributed by atoms with Crippen molar-refractivity contribution in [2.75, 3.05) is 0 Å². The summed E-state index contributed by atoms with van der Waals surface area (Å²) in [5, 5.41) is 12.8. The summed E-state index contributed by atoms with van der Waals surface area (Å²) in [6.07, 6.45) is 2.10. The number of nitrogens with one attached hydrogen (secondary N) is 1. The van der Waals surface area contributed by atoms with E-state index in [4.69, 9.17) is 0 Å². The van der Waals surface area contributed by atoms with Crippen LogP contribution in [0.25, 0.3) is 0 Å². The van der Waals surface area contributed by atoms with Crippen LogP contribution in [0.2, 0.25) is 0 Å². The molecular weight excluding hydrogens is 314 g/mol. The second kappa shape index (κ2) is 7.46. The molecule has 0 radical (unpaired) electrons. The SMILES string of the molecule is CC(CCc1ccc(O)cc1)NCc1ccccc1Br. The van der Waals surface area contributed by atoms with E-state index in [-0.39, 0.29) is 0 Å². The molecule has 2 rings (SSSR count). The lowest BCUT2D eigenvalue weighted by Crippen LogP contribution is -2.26. The number of rotatable bonds is 6.